The Bertz CT molecular complexity index is 1120. The molecule has 0 bridgehead atoms. The second-order valence-electron chi connectivity index (χ2n) is 7.60. The summed E-state index contributed by atoms with van der Waals surface area (Å²) in [7, 11) is 0. The Labute approximate surface area is 192 Å². The number of nitrogens with one attached hydrogen (secondary N) is 2. The number of carboxylic acids is 1. The molecule has 0 aliphatic heterocycles. The highest BCUT2D eigenvalue weighted by Crippen LogP contribution is 2.20. The molecule has 7 nitrogen and oxygen atoms in total. The number of carbonyl (C=O) groups is 3. The summed E-state index contributed by atoms with van der Waals surface area (Å²) in [6, 6.07) is 21.6. The lowest BCUT2D eigenvalue weighted by atomic mass is 10.00. The molecule has 0 heterocycles. The molecule has 2 atom stereocenters. The lowest BCUT2D eigenvalue weighted by Gasteiger charge is -2.22. The summed E-state index contributed by atoms with van der Waals surface area (Å²) in [5, 5.41) is 24.9. The van der Waals surface area contributed by atoms with E-state index in [9.17, 15) is 24.6 Å². The van der Waals surface area contributed by atoms with Crippen LogP contribution in [0, 0.1) is 0 Å². The maximum atomic E-state index is 13.0. The van der Waals surface area contributed by atoms with Crippen molar-refractivity contribution in [3.05, 3.63) is 101 Å². The number of hydrogen-bond acceptors (Lipinski definition) is 4. The van der Waals surface area contributed by atoms with Crippen LogP contribution in [0.3, 0.4) is 0 Å². The molecule has 3 aromatic carbocycles. The predicted molar refractivity (Wildman–Crippen MR) is 125 cm³/mol. The van der Waals surface area contributed by atoms with Crippen LogP contribution in [-0.2, 0) is 17.6 Å². The molecular weight excluding hydrogens is 420 g/mol. The Morgan fingerprint density at radius 3 is 2.09 bits per heavy atom. The molecular formula is C26H26N2O5. The molecule has 0 aromatic heterocycles. The molecule has 3 rings (SSSR count). The van der Waals surface area contributed by atoms with Crippen LogP contribution in [0.2, 0.25) is 0 Å². The molecule has 0 spiro atoms. The first kappa shape index (κ1) is 23.7. The van der Waals surface area contributed by atoms with Crippen LogP contribution in [0.1, 0.15) is 38.8 Å². The summed E-state index contributed by atoms with van der Waals surface area (Å²) in [4.78, 5) is 36.9. The first-order valence-corrected chi connectivity index (χ1v) is 10.6. The zero-order valence-corrected chi connectivity index (χ0v) is 18.2. The molecule has 3 aromatic rings. The predicted octanol–water partition coefficient (Wildman–Crippen LogP) is 3.29. The number of carbonyl (C=O) groups excluding carboxylic acids is 2. The normalized spacial score (nSPS) is 12.4. The van der Waals surface area contributed by atoms with Crippen LogP contribution in [0.5, 0.6) is 0 Å². The van der Waals surface area contributed by atoms with Crippen LogP contribution in [-0.4, -0.2) is 40.1 Å². The van der Waals surface area contributed by atoms with E-state index in [0.29, 0.717) is 17.7 Å². The summed E-state index contributed by atoms with van der Waals surface area (Å²) in [5.41, 5.74) is 2.85. The first-order valence-electron chi connectivity index (χ1n) is 10.6. The number of rotatable bonds is 9. The molecule has 33 heavy (non-hydrogen) atoms. The molecule has 0 fully saturated rings. The van der Waals surface area contributed by atoms with Crippen molar-refractivity contribution in [3.8, 4) is 0 Å². The molecule has 0 saturated heterocycles. The summed E-state index contributed by atoms with van der Waals surface area (Å²) >= 11 is 0. The summed E-state index contributed by atoms with van der Waals surface area (Å²) < 4.78 is 0. The zero-order chi connectivity index (χ0) is 23.8. The van der Waals surface area contributed by atoms with Crippen LogP contribution >= 0.6 is 0 Å². The van der Waals surface area contributed by atoms with E-state index in [1.54, 1.807) is 66.7 Å². The van der Waals surface area contributed by atoms with Gasteiger partial charge in [0.25, 0.3) is 11.8 Å². The van der Waals surface area contributed by atoms with E-state index in [1.165, 1.54) is 0 Å². The van der Waals surface area contributed by atoms with Crippen LogP contribution < -0.4 is 10.6 Å². The van der Waals surface area contributed by atoms with E-state index in [2.05, 4.69) is 10.6 Å². The number of anilines is 1. The van der Waals surface area contributed by atoms with E-state index < -0.39 is 24.0 Å². The van der Waals surface area contributed by atoms with Gasteiger partial charge < -0.3 is 20.8 Å². The molecule has 0 radical (unpaired) electrons. The minimum absolute atomic E-state index is 0.144. The van der Waals surface area contributed by atoms with E-state index in [0.717, 1.165) is 11.1 Å². The van der Waals surface area contributed by atoms with Crippen molar-refractivity contribution in [1.82, 2.24) is 5.32 Å². The fourth-order valence-electron chi connectivity index (χ4n) is 3.46. The monoisotopic (exact) mass is 446 g/mol. The van der Waals surface area contributed by atoms with Gasteiger partial charge in [0.1, 0.15) is 0 Å². The molecule has 170 valence electrons. The molecule has 2 amide bonds. The van der Waals surface area contributed by atoms with Crippen molar-refractivity contribution >= 4 is 23.5 Å². The molecule has 0 unspecified atom stereocenters. The van der Waals surface area contributed by atoms with Gasteiger partial charge in [0.05, 0.1) is 6.04 Å². The number of aryl methyl sites for hydroxylation is 1. The number of carboxylic acid groups (broad SMARTS) is 1. The fraction of sp³-hybridized carbons (Fsp3) is 0.192. The SMILES string of the molecule is CCc1ccc(C(=O)N[C@H](Cc2ccccc2)[C@@H](O)C(=O)O)cc1NC(=O)c1ccccc1. The van der Waals surface area contributed by atoms with Gasteiger partial charge in [-0.2, -0.15) is 0 Å². The first-order chi connectivity index (χ1) is 15.9. The Morgan fingerprint density at radius 2 is 1.48 bits per heavy atom. The van der Waals surface area contributed by atoms with Gasteiger partial charge in [-0.25, -0.2) is 4.79 Å². The Balaban J connectivity index is 1.81. The van der Waals surface area contributed by atoms with Gasteiger partial charge in [-0.3, -0.25) is 9.59 Å². The second kappa shape index (κ2) is 11.1. The van der Waals surface area contributed by atoms with Crippen molar-refractivity contribution < 1.29 is 24.6 Å². The number of amides is 2. The van der Waals surface area contributed by atoms with Gasteiger partial charge in [0.2, 0.25) is 0 Å². The molecule has 0 saturated carbocycles. The lowest BCUT2D eigenvalue weighted by Crippen LogP contribution is -2.48. The Hall–Kier alpha value is -3.97. The lowest BCUT2D eigenvalue weighted by molar-refractivity contribution is -0.148. The molecule has 0 aliphatic rings. The molecule has 7 heteroatoms. The number of hydrogen-bond donors (Lipinski definition) is 4. The van der Waals surface area contributed by atoms with Gasteiger partial charge in [-0.05, 0) is 48.2 Å². The molecule has 4 N–H and O–H groups in total. The van der Waals surface area contributed by atoms with Gasteiger partial charge in [0.15, 0.2) is 6.10 Å². The van der Waals surface area contributed by atoms with Crippen LogP contribution in [0.4, 0.5) is 5.69 Å². The highest BCUT2D eigenvalue weighted by molar-refractivity contribution is 6.05. The highest BCUT2D eigenvalue weighted by Gasteiger charge is 2.28. The Morgan fingerprint density at radius 1 is 0.848 bits per heavy atom. The average Bonchev–Trinajstić information content (AvgIpc) is 2.84. The van der Waals surface area contributed by atoms with E-state index in [4.69, 9.17) is 0 Å². The minimum Gasteiger partial charge on any atom is -0.479 e. The molecule has 0 aliphatic carbocycles. The topological polar surface area (TPSA) is 116 Å². The van der Waals surface area contributed by atoms with E-state index in [1.807, 2.05) is 19.1 Å². The van der Waals surface area contributed by atoms with Crippen molar-refractivity contribution in [1.29, 1.82) is 0 Å². The largest absolute Gasteiger partial charge is 0.479 e. The van der Waals surface area contributed by atoms with Crippen molar-refractivity contribution in [2.45, 2.75) is 31.9 Å². The third kappa shape index (κ3) is 6.27. The van der Waals surface area contributed by atoms with Gasteiger partial charge in [-0.1, -0.05) is 61.5 Å². The summed E-state index contributed by atoms with van der Waals surface area (Å²) in [6.45, 7) is 1.94. The standard InChI is InChI=1S/C26H26N2O5/c1-2-18-13-14-20(16-21(18)27-24(30)19-11-7-4-8-12-19)25(31)28-22(23(29)26(32)33)15-17-9-5-3-6-10-17/h3-14,16,22-23,29H,2,15H2,1H3,(H,27,30)(H,28,31)(H,32,33)/t22-,23-/m1/s1. The fourth-order valence-corrected chi connectivity index (χ4v) is 3.46. The van der Waals surface area contributed by atoms with E-state index in [-0.39, 0.29) is 17.9 Å². The van der Waals surface area contributed by atoms with Crippen molar-refractivity contribution in [2.75, 3.05) is 5.32 Å². The number of aliphatic carboxylic acids is 1. The highest BCUT2D eigenvalue weighted by atomic mass is 16.4. The Kier molecular flexibility index (Phi) is 7.94. The third-order valence-electron chi connectivity index (χ3n) is 5.29. The van der Waals surface area contributed by atoms with E-state index >= 15 is 0 Å². The summed E-state index contributed by atoms with van der Waals surface area (Å²) in [5.74, 6) is -2.27. The van der Waals surface area contributed by atoms with Gasteiger partial charge >= 0.3 is 5.97 Å². The minimum atomic E-state index is -1.78. The van der Waals surface area contributed by atoms with Crippen molar-refractivity contribution in [3.63, 3.8) is 0 Å². The van der Waals surface area contributed by atoms with Crippen LogP contribution in [0.15, 0.2) is 78.9 Å². The van der Waals surface area contributed by atoms with Crippen LogP contribution in [0.25, 0.3) is 0 Å². The summed E-state index contributed by atoms with van der Waals surface area (Å²) in [6.07, 6.45) is -0.993. The maximum absolute atomic E-state index is 13.0. The van der Waals surface area contributed by atoms with Gasteiger partial charge in [-0.15, -0.1) is 0 Å². The average molecular weight is 447 g/mol. The number of aliphatic hydroxyl groups is 1. The maximum Gasteiger partial charge on any atom is 0.334 e. The zero-order valence-electron chi connectivity index (χ0n) is 18.2. The number of aliphatic hydroxyl groups excluding tert-OH is 1. The smallest absolute Gasteiger partial charge is 0.334 e. The second-order valence-corrected chi connectivity index (χ2v) is 7.60. The van der Waals surface area contributed by atoms with Gasteiger partial charge in [0, 0.05) is 16.8 Å². The third-order valence-corrected chi connectivity index (χ3v) is 5.29. The quantitative estimate of drug-likeness (QED) is 0.403. The number of benzene rings is 3. The van der Waals surface area contributed by atoms with Crippen molar-refractivity contribution in [2.24, 2.45) is 0 Å².